The molecule has 0 bridgehead atoms. The Kier molecular flexibility index (Phi) is 5.92. The minimum absolute atomic E-state index is 0.00271. The van der Waals surface area contributed by atoms with Crippen LogP contribution in [0.3, 0.4) is 0 Å². The third-order valence-electron chi connectivity index (χ3n) is 2.58. The maximum Gasteiger partial charge on any atom is 0.387 e. The lowest BCUT2D eigenvalue weighted by atomic mass is 10.3. The zero-order valence-corrected chi connectivity index (χ0v) is 13.6. The normalized spacial score (nSPS) is 10.5. The molecule has 0 aromatic heterocycles. The smallest absolute Gasteiger partial charge is 0.387 e. The monoisotopic (exact) mass is 380 g/mol. The molecule has 0 amide bonds. The molecule has 0 aliphatic heterocycles. The molecule has 0 atom stereocenters. The molecule has 122 valence electrons. The minimum atomic E-state index is -2.96. The number of anilines is 2. The van der Waals surface area contributed by atoms with Crippen LogP contribution in [0.15, 0.2) is 36.4 Å². The predicted molar refractivity (Wildman–Crippen MR) is 89.3 cm³/mol. The number of thiocarbonyl (C=S) groups is 1. The Labute approximate surface area is 145 Å². The molecule has 2 aromatic rings. The van der Waals surface area contributed by atoms with Gasteiger partial charge in [0.05, 0.1) is 10.0 Å². The molecule has 0 aliphatic carbocycles. The third kappa shape index (κ3) is 5.16. The molecule has 2 aromatic carbocycles. The van der Waals surface area contributed by atoms with Crippen molar-refractivity contribution in [2.45, 2.75) is 6.61 Å². The molecular formula is C14H9Cl2F3N2OS. The number of hydrogen-bond donors (Lipinski definition) is 2. The van der Waals surface area contributed by atoms with Gasteiger partial charge in [0.15, 0.2) is 5.11 Å². The first-order valence-electron chi connectivity index (χ1n) is 6.12. The van der Waals surface area contributed by atoms with E-state index in [9.17, 15) is 13.2 Å². The molecule has 0 aliphatic rings. The van der Waals surface area contributed by atoms with Crippen molar-refractivity contribution in [3.05, 3.63) is 52.3 Å². The van der Waals surface area contributed by atoms with Crippen molar-refractivity contribution in [3.8, 4) is 5.75 Å². The third-order valence-corrected chi connectivity index (χ3v) is 3.37. The van der Waals surface area contributed by atoms with Crippen LogP contribution in [-0.2, 0) is 0 Å². The van der Waals surface area contributed by atoms with Crippen LogP contribution in [0.4, 0.5) is 24.5 Å². The summed E-state index contributed by atoms with van der Waals surface area (Å²) in [7, 11) is 0. The predicted octanol–water partition coefficient (Wildman–Crippen LogP) is 5.54. The average molecular weight is 381 g/mol. The second-order valence-electron chi connectivity index (χ2n) is 4.23. The van der Waals surface area contributed by atoms with E-state index in [1.165, 1.54) is 36.4 Å². The number of hydrogen-bond acceptors (Lipinski definition) is 2. The Morgan fingerprint density at radius 2 is 1.57 bits per heavy atom. The fourth-order valence-electron chi connectivity index (χ4n) is 1.64. The van der Waals surface area contributed by atoms with Crippen LogP contribution >= 0.6 is 35.4 Å². The molecule has 0 heterocycles. The van der Waals surface area contributed by atoms with Gasteiger partial charge in [-0.1, -0.05) is 23.2 Å². The van der Waals surface area contributed by atoms with Gasteiger partial charge in [0.2, 0.25) is 0 Å². The molecule has 2 N–H and O–H groups in total. The molecule has 9 heteroatoms. The highest BCUT2D eigenvalue weighted by Gasteiger charge is 2.10. The van der Waals surface area contributed by atoms with Crippen molar-refractivity contribution in [1.82, 2.24) is 0 Å². The average Bonchev–Trinajstić information content (AvgIpc) is 2.45. The lowest BCUT2D eigenvalue weighted by Gasteiger charge is -2.12. The molecule has 0 fully saturated rings. The van der Waals surface area contributed by atoms with Crippen LogP contribution in [0.25, 0.3) is 0 Å². The van der Waals surface area contributed by atoms with Gasteiger partial charge in [-0.25, -0.2) is 4.39 Å². The summed E-state index contributed by atoms with van der Waals surface area (Å²) >= 11 is 16.6. The van der Waals surface area contributed by atoms with Crippen molar-refractivity contribution in [2.75, 3.05) is 10.6 Å². The Morgan fingerprint density at radius 3 is 2.09 bits per heavy atom. The van der Waals surface area contributed by atoms with Gasteiger partial charge in [0.1, 0.15) is 11.6 Å². The SMILES string of the molecule is Fc1ccc(NC(=S)Nc2ccc(OC(F)F)c(Cl)c2)cc1Cl. The first-order chi connectivity index (χ1) is 10.8. The fourth-order valence-corrected chi connectivity index (χ4v) is 2.28. The fraction of sp³-hybridized carbons (Fsp3) is 0.0714. The second kappa shape index (κ2) is 7.72. The maximum atomic E-state index is 13.1. The number of halogens is 5. The molecular weight excluding hydrogens is 372 g/mol. The van der Waals surface area contributed by atoms with E-state index in [2.05, 4.69) is 15.4 Å². The van der Waals surface area contributed by atoms with Crippen LogP contribution < -0.4 is 15.4 Å². The van der Waals surface area contributed by atoms with Crippen LogP contribution in [0.2, 0.25) is 10.0 Å². The van der Waals surface area contributed by atoms with E-state index >= 15 is 0 Å². The van der Waals surface area contributed by atoms with Gasteiger partial charge in [0.25, 0.3) is 0 Å². The highest BCUT2D eigenvalue weighted by molar-refractivity contribution is 7.80. The number of ether oxygens (including phenoxy) is 1. The lowest BCUT2D eigenvalue weighted by molar-refractivity contribution is -0.0497. The Balaban J connectivity index is 2.02. The van der Waals surface area contributed by atoms with E-state index in [-0.39, 0.29) is 20.9 Å². The highest BCUT2D eigenvalue weighted by Crippen LogP contribution is 2.29. The van der Waals surface area contributed by atoms with Crippen molar-refractivity contribution in [2.24, 2.45) is 0 Å². The summed E-state index contributed by atoms with van der Waals surface area (Å²) in [5.74, 6) is -0.686. The van der Waals surface area contributed by atoms with Gasteiger partial charge in [-0.15, -0.1) is 0 Å². The molecule has 0 saturated heterocycles. The van der Waals surface area contributed by atoms with E-state index in [1.807, 2.05) is 0 Å². The quantitative estimate of drug-likeness (QED) is 0.681. The number of rotatable bonds is 4. The van der Waals surface area contributed by atoms with Crippen LogP contribution in [0, 0.1) is 5.82 Å². The van der Waals surface area contributed by atoms with E-state index in [0.29, 0.717) is 11.4 Å². The van der Waals surface area contributed by atoms with Gasteiger partial charge < -0.3 is 15.4 Å². The molecule has 3 nitrogen and oxygen atoms in total. The van der Waals surface area contributed by atoms with Crippen molar-refractivity contribution in [3.63, 3.8) is 0 Å². The summed E-state index contributed by atoms with van der Waals surface area (Å²) in [5.41, 5.74) is 0.944. The maximum absolute atomic E-state index is 13.1. The van der Waals surface area contributed by atoms with Crippen molar-refractivity contribution in [1.29, 1.82) is 0 Å². The Bertz CT molecular complexity index is 731. The van der Waals surface area contributed by atoms with Gasteiger partial charge in [-0.2, -0.15) is 8.78 Å². The second-order valence-corrected chi connectivity index (χ2v) is 5.45. The number of nitrogens with one attached hydrogen (secondary N) is 2. The summed E-state index contributed by atoms with van der Waals surface area (Å²) in [6.45, 7) is -2.96. The zero-order chi connectivity index (χ0) is 17.0. The molecule has 0 radical (unpaired) electrons. The van der Waals surface area contributed by atoms with Crippen LogP contribution in [0.1, 0.15) is 0 Å². The summed E-state index contributed by atoms with van der Waals surface area (Å²) in [6.07, 6.45) is 0. The highest BCUT2D eigenvalue weighted by atomic mass is 35.5. The van der Waals surface area contributed by atoms with E-state index in [0.717, 1.165) is 0 Å². The molecule has 0 unspecified atom stereocenters. The standard InChI is InChI=1S/C14H9Cl2F3N2OS/c15-9-5-7(1-3-11(9)17)20-14(23)21-8-2-4-12(10(16)6-8)22-13(18)19/h1-6,13H,(H2,20,21,23). The first-order valence-corrected chi connectivity index (χ1v) is 7.29. The topological polar surface area (TPSA) is 33.3 Å². The molecule has 0 spiro atoms. The number of benzene rings is 2. The molecule has 23 heavy (non-hydrogen) atoms. The van der Waals surface area contributed by atoms with Gasteiger partial charge in [-0.05, 0) is 48.6 Å². The van der Waals surface area contributed by atoms with E-state index < -0.39 is 12.4 Å². The lowest BCUT2D eigenvalue weighted by Crippen LogP contribution is -2.19. The first kappa shape index (κ1) is 17.7. The number of alkyl halides is 2. The summed E-state index contributed by atoms with van der Waals surface area (Å²) in [6, 6.07) is 8.16. The summed E-state index contributed by atoms with van der Waals surface area (Å²) in [5, 5.41) is 5.74. The summed E-state index contributed by atoms with van der Waals surface area (Å²) < 4.78 is 41.6. The van der Waals surface area contributed by atoms with Gasteiger partial charge in [-0.3, -0.25) is 0 Å². The van der Waals surface area contributed by atoms with Gasteiger partial charge in [0, 0.05) is 11.4 Å². The van der Waals surface area contributed by atoms with Crippen LogP contribution in [0.5, 0.6) is 5.75 Å². The largest absolute Gasteiger partial charge is 0.433 e. The molecule has 0 saturated carbocycles. The zero-order valence-electron chi connectivity index (χ0n) is 11.2. The summed E-state index contributed by atoms with van der Waals surface area (Å²) in [4.78, 5) is 0. The minimum Gasteiger partial charge on any atom is -0.433 e. The van der Waals surface area contributed by atoms with Gasteiger partial charge >= 0.3 is 6.61 Å². The van der Waals surface area contributed by atoms with E-state index in [1.54, 1.807) is 0 Å². The molecule has 2 rings (SSSR count). The van der Waals surface area contributed by atoms with Crippen molar-refractivity contribution >= 4 is 51.9 Å². The van der Waals surface area contributed by atoms with Crippen LogP contribution in [-0.4, -0.2) is 11.7 Å². The van der Waals surface area contributed by atoms with Crippen molar-refractivity contribution < 1.29 is 17.9 Å². The Morgan fingerprint density at radius 1 is 1.00 bits per heavy atom. The Hall–Kier alpha value is -1.70. The van der Waals surface area contributed by atoms with E-state index in [4.69, 9.17) is 35.4 Å².